The van der Waals surface area contributed by atoms with Gasteiger partial charge < -0.3 is 14.6 Å². The van der Waals surface area contributed by atoms with Crippen LogP contribution in [0.2, 0.25) is 0 Å². The summed E-state index contributed by atoms with van der Waals surface area (Å²) >= 11 is 0. The van der Waals surface area contributed by atoms with Gasteiger partial charge in [0.05, 0.1) is 6.26 Å². The number of halogens is 1. The van der Waals surface area contributed by atoms with E-state index >= 15 is 0 Å². The van der Waals surface area contributed by atoms with Gasteiger partial charge in [0, 0.05) is 18.7 Å². The molecule has 0 bridgehead atoms. The average Bonchev–Trinajstić information content (AvgIpc) is 2.94. The monoisotopic (exact) mass is 284 g/mol. The number of nitrogens with zero attached hydrogens (tertiary/aromatic N) is 1. The van der Waals surface area contributed by atoms with Gasteiger partial charge in [0.15, 0.2) is 5.76 Å². The fourth-order valence-corrected chi connectivity index (χ4v) is 3.16. The predicted molar refractivity (Wildman–Crippen MR) is 75.7 cm³/mol. The van der Waals surface area contributed by atoms with Crippen LogP contribution < -0.4 is 5.32 Å². The SMILES string of the molecule is Cc1ccoc1C(=O)N1CC[C@@H]2CNC[C@@H]2CC1.Cl. The number of carbonyl (C=O) groups is 1. The lowest BCUT2D eigenvalue weighted by Gasteiger charge is -2.19. The minimum Gasteiger partial charge on any atom is -0.459 e. The normalized spacial score (nSPS) is 26.5. The van der Waals surface area contributed by atoms with Crippen LogP contribution >= 0.6 is 12.4 Å². The van der Waals surface area contributed by atoms with Crippen molar-refractivity contribution in [1.82, 2.24) is 10.2 Å². The van der Waals surface area contributed by atoms with Crippen LogP contribution in [0.15, 0.2) is 16.7 Å². The largest absolute Gasteiger partial charge is 0.459 e. The van der Waals surface area contributed by atoms with Crippen LogP contribution in [-0.4, -0.2) is 37.0 Å². The number of aryl methyl sites for hydroxylation is 1. The van der Waals surface area contributed by atoms with Crippen molar-refractivity contribution in [2.24, 2.45) is 11.8 Å². The zero-order valence-corrected chi connectivity index (χ0v) is 12.0. The molecule has 2 atom stereocenters. The van der Waals surface area contributed by atoms with Gasteiger partial charge in [-0.3, -0.25) is 4.79 Å². The maximum atomic E-state index is 12.4. The highest BCUT2D eigenvalue weighted by Gasteiger charge is 2.32. The van der Waals surface area contributed by atoms with Crippen LogP contribution in [0.25, 0.3) is 0 Å². The van der Waals surface area contributed by atoms with Gasteiger partial charge in [-0.2, -0.15) is 0 Å². The van der Waals surface area contributed by atoms with Gasteiger partial charge in [-0.25, -0.2) is 0 Å². The van der Waals surface area contributed by atoms with Crippen LogP contribution in [0.1, 0.15) is 29.0 Å². The third-order valence-corrected chi connectivity index (χ3v) is 4.36. The van der Waals surface area contributed by atoms with Crippen molar-refractivity contribution in [3.8, 4) is 0 Å². The van der Waals surface area contributed by atoms with Crippen LogP contribution in [0, 0.1) is 18.8 Å². The van der Waals surface area contributed by atoms with E-state index in [1.54, 1.807) is 6.26 Å². The topological polar surface area (TPSA) is 45.5 Å². The molecule has 2 saturated heterocycles. The zero-order chi connectivity index (χ0) is 12.5. The fraction of sp³-hybridized carbons (Fsp3) is 0.643. The number of hydrogen-bond donors (Lipinski definition) is 1. The molecule has 1 amide bonds. The van der Waals surface area contributed by atoms with Crippen molar-refractivity contribution in [3.63, 3.8) is 0 Å². The van der Waals surface area contributed by atoms with Crippen molar-refractivity contribution >= 4 is 18.3 Å². The first-order chi connectivity index (χ1) is 8.75. The molecule has 3 rings (SSSR count). The molecule has 1 aromatic heterocycles. The third kappa shape index (κ3) is 2.79. The van der Waals surface area contributed by atoms with E-state index in [1.807, 2.05) is 17.9 Å². The molecule has 19 heavy (non-hydrogen) atoms. The van der Waals surface area contributed by atoms with Crippen LogP contribution in [0.4, 0.5) is 0 Å². The molecule has 0 saturated carbocycles. The van der Waals surface area contributed by atoms with Crippen molar-refractivity contribution < 1.29 is 9.21 Å². The number of likely N-dealkylation sites (tertiary alicyclic amines) is 1. The second-order valence-electron chi connectivity index (χ2n) is 5.48. The highest BCUT2D eigenvalue weighted by Crippen LogP contribution is 2.28. The van der Waals surface area contributed by atoms with Gasteiger partial charge in [0.25, 0.3) is 5.91 Å². The van der Waals surface area contributed by atoms with Gasteiger partial charge in [0.1, 0.15) is 0 Å². The standard InChI is InChI=1S/C14H20N2O2.ClH/c1-10-4-7-18-13(10)14(17)16-5-2-11-8-15-9-12(11)3-6-16;/h4,7,11-12,15H,2-3,5-6,8-9H2,1H3;1H/t11-,12+;. The Morgan fingerprint density at radius 3 is 2.47 bits per heavy atom. The lowest BCUT2D eigenvalue weighted by atomic mass is 9.92. The number of fused-ring (bicyclic) bond motifs is 1. The summed E-state index contributed by atoms with van der Waals surface area (Å²) in [5.41, 5.74) is 0.936. The number of amides is 1. The van der Waals surface area contributed by atoms with E-state index in [2.05, 4.69) is 5.32 Å². The number of furan rings is 1. The quantitative estimate of drug-likeness (QED) is 0.859. The Kier molecular flexibility index (Phi) is 4.53. The molecule has 0 aromatic carbocycles. The minimum absolute atomic E-state index is 0. The second-order valence-corrected chi connectivity index (χ2v) is 5.48. The lowest BCUT2D eigenvalue weighted by molar-refractivity contribution is 0.0725. The Balaban J connectivity index is 0.00000133. The molecule has 5 heteroatoms. The Morgan fingerprint density at radius 1 is 1.32 bits per heavy atom. The highest BCUT2D eigenvalue weighted by molar-refractivity contribution is 5.92. The molecule has 2 aliphatic heterocycles. The third-order valence-electron chi connectivity index (χ3n) is 4.36. The van der Waals surface area contributed by atoms with E-state index in [-0.39, 0.29) is 18.3 Å². The van der Waals surface area contributed by atoms with E-state index in [0.717, 1.165) is 56.4 Å². The molecule has 0 aliphatic carbocycles. The first-order valence-corrected chi connectivity index (χ1v) is 6.80. The maximum Gasteiger partial charge on any atom is 0.289 e. The summed E-state index contributed by atoms with van der Waals surface area (Å²) in [6.45, 7) is 5.88. The molecular formula is C14H21ClN2O2. The van der Waals surface area contributed by atoms with E-state index in [1.165, 1.54) is 0 Å². The summed E-state index contributed by atoms with van der Waals surface area (Å²) in [6.07, 6.45) is 3.82. The highest BCUT2D eigenvalue weighted by atomic mass is 35.5. The summed E-state index contributed by atoms with van der Waals surface area (Å²) in [7, 11) is 0. The Labute approximate surface area is 119 Å². The molecule has 1 aromatic rings. The average molecular weight is 285 g/mol. The minimum atomic E-state index is 0. The number of hydrogen-bond acceptors (Lipinski definition) is 3. The second kappa shape index (κ2) is 5.97. The smallest absolute Gasteiger partial charge is 0.289 e. The molecule has 0 unspecified atom stereocenters. The molecular weight excluding hydrogens is 264 g/mol. The van der Waals surface area contributed by atoms with E-state index in [0.29, 0.717) is 5.76 Å². The van der Waals surface area contributed by atoms with Gasteiger partial charge in [0.2, 0.25) is 0 Å². The molecule has 4 nitrogen and oxygen atoms in total. The van der Waals surface area contributed by atoms with Gasteiger partial charge in [-0.15, -0.1) is 12.4 Å². The van der Waals surface area contributed by atoms with Crippen LogP contribution in [0.3, 0.4) is 0 Å². The molecule has 2 fully saturated rings. The van der Waals surface area contributed by atoms with E-state index in [4.69, 9.17) is 4.42 Å². The van der Waals surface area contributed by atoms with Gasteiger partial charge in [-0.1, -0.05) is 0 Å². The first-order valence-electron chi connectivity index (χ1n) is 6.80. The van der Waals surface area contributed by atoms with Crippen molar-refractivity contribution in [3.05, 3.63) is 23.7 Å². The molecule has 106 valence electrons. The van der Waals surface area contributed by atoms with Crippen molar-refractivity contribution in [2.75, 3.05) is 26.2 Å². The van der Waals surface area contributed by atoms with Crippen LogP contribution in [-0.2, 0) is 0 Å². The summed E-state index contributed by atoms with van der Waals surface area (Å²) in [5, 5.41) is 3.45. The first kappa shape index (κ1) is 14.4. The summed E-state index contributed by atoms with van der Waals surface area (Å²) in [4.78, 5) is 14.3. The number of carbonyl (C=O) groups excluding carboxylic acids is 1. The van der Waals surface area contributed by atoms with E-state index in [9.17, 15) is 4.79 Å². The predicted octanol–water partition coefficient (Wildman–Crippen LogP) is 2.08. The molecule has 3 heterocycles. The summed E-state index contributed by atoms with van der Waals surface area (Å²) in [5.74, 6) is 2.08. The van der Waals surface area contributed by atoms with Crippen molar-refractivity contribution in [1.29, 1.82) is 0 Å². The van der Waals surface area contributed by atoms with Gasteiger partial charge >= 0.3 is 0 Å². The van der Waals surface area contributed by atoms with E-state index < -0.39 is 0 Å². The van der Waals surface area contributed by atoms with Gasteiger partial charge in [-0.05, 0) is 50.8 Å². The Morgan fingerprint density at radius 2 is 1.95 bits per heavy atom. The molecule has 2 aliphatic rings. The molecule has 1 N–H and O–H groups in total. The lowest BCUT2D eigenvalue weighted by Crippen LogP contribution is -2.32. The maximum absolute atomic E-state index is 12.4. The Hall–Kier alpha value is -1.00. The van der Waals surface area contributed by atoms with Crippen molar-refractivity contribution in [2.45, 2.75) is 19.8 Å². The number of nitrogens with one attached hydrogen (secondary N) is 1. The zero-order valence-electron chi connectivity index (χ0n) is 11.2. The summed E-state index contributed by atoms with van der Waals surface area (Å²) < 4.78 is 5.31. The summed E-state index contributed by atoms with van der Waals surface area (Å²) in [6, 6.07) is 1.85. The Bertz CT molecular complexity index is 432. The number of rotatable bonds is 1. The fourth-order valence-electron chi connectivity index (χ4n) is 3.16. The molecule has 0 radical (unpaired) electrons. The molecule has 0 spiro atoms. The van der Waals surface area contributed by atoms with Crippen LogP contribution in [0.5, 0.6) is 0 Å².